The molecule has 262 valence electrons. The largest absolute Gasteiger partial charge is 0.481 e. The van der Waals surface area contributed by atoms with Crippen molar-refractivity contribution in [3.8, 4) is 22.6 Å². The van der Waals surface area contributed by atoms with Crippen molar-refractivity contribution in [1.82, 2.24) is 14.8 Å². The Hall–Kier alpha value is -5.18. The van der Waals surface area contributed by atoms with Gasteiger partial charge in [0.2, 0.25) is 5.91 Å². The third-order valence-corrected chi connectivity index (χ3v) is 8.70. The number of aryl methyl sites for hydroxylation is 1. The van der Waals surface area contributed by atoms with Crippen LogP contribution in [0.4, 0.5) is 30.7 Å². The zero-order chi connectivity index (χ0) is 36.1. The second-order valence-corrected chi connectivity index (χ2v) is 12.2. The molecule has 0 spiro atoms. The third kappa shape index (κ3) is 6.95. The molecule has 4 bridgehead atoms. The van der Waals surface area contributed by atoms with Crippen LogP contribution in [0.5, 0.6) is 11.5 Å². The lowest BCUT2D eigenvalue weighted by atomic mass is 9.93. The number of nitrogens with zero attached hydrogens (tertiary/aromatic N) is 2. The SMILES string of the molecule is Cc1cc2cc(c1F)[C@H](CC(=O)O)NC(=O)[C@H](n1cc(CCN3CC(F)C3)c(C(F)(F)F)cc1=O)c1cc(ccc1F)Oc1ccc(F)cc1-2. The second kappa shape index (κ2) is 13.3. The van der Waals surface area contributed by atoms with E-state index in [1.54, 1.807) is 4.90 Å². The number of rotatable bonds is 6. The van der Waals surface area contributed by atoms with E-state index in [0.717, 1.165) is 30.5 Å². The van der Waals surface area contributed by atoms with E-state index in [1.807, 2.05) is 0 Å². The first-order valence-corrected chi connectivity index (χ1v) is 15.4. The summed E-state index contributed by atoms with van der Waals surface area (Å²) in [6, 6.07) is 5.58. The number of nitrogens with one attached hydrogen (secondary N) is 1. The molecule has 8 nitrogen and oxygen atoms in total. The van der Waals surface area contributed by atoms with Gasteiger partial charge in [-0.25, -0.2) is 17.6 Å². The Labute approximate surface area is 279 Å². The van der Waals surface area contributed by atoms with Gasteiger partial charge in [0.1, 0.15) is 41.2 Å². The van der Waals surface area contributed by atoms with Crippen LogP contribution in [0, 0.1) is 24.4 Å². The van der Waals surface area contributed by atoms with Crippen LogP contribution in [-0.2, 0) is 22.2 Å². The highest BCUT2D eigenvalue weighted by atomic mass is 19.4. The van der Waals surface area contributed by atoms with Crippen LogP contribution in [0.1, 0.15) is 46.3 Å². The predicted molar refractivity (Wildman–Crippen MR) is 165 cm³/mol. The number of carboxylic acid groups (broad SMARTS) is 1. The van der Waals surface area contributed by atoms with Gasteiger partial charge in [0.15, 0.2) is 0 Å². The molecule has 0 aliphatic carbocycles. The number of carboxylic acids is 1. The number of likely N-dealkylation sites (tertiary alicyclic amines) is 1. The van der Waals surface area contributed by atoms with Crippen molar-refractivity contribution in [2.24, 2.45) is 0 Å². The monoisotopic (exact) mass is 703 g/mol. The first-order chi connectivity index (χ1) is 23.6. The number of carbonyl (C=O) groups excluding carboxylic acids is 1. The Bertz CT molecular complexity index is 2060. The lowest BCUT2D eigenvalue weighted by Crippen LogP contribution is -2.49. The van der Waals surface area contributed by atoms with E-state index < -0.39 is 82.4 Å². The minimum atomic E-state index is -5.00. The number of hydrogen-bond acceptors (Lipinski definition) is 5. The summed E-state index contributed by atoms with van der Waals surface area (Å²) < 4.78 is 108. The molecule has 1 fully saturated rings. The van der Waals surface area contributed by atoms with E-state index in [1.165, 1.54) is 31.2 Å². The van der Waals surface area contributed by atoms with Gasteiger partial charge in [-0.15, -0.1) is 0 Å². The van der Waals surface area contributed by atoms with Gasteiger partial charge in [0, 0.05) is 48.6 Å². The zero-order valence-corrected chi connectivity index (χ0v) is 26.2. The fraction of sp³-hybridized carbons (Fsp3) is 0.286. The summed E-state index contributed by atoms with van der Waals surface area (Å²) in [5.41, 5.74) is -3.75. The average molecular weight is 704 g/mol. The molecular formula is C35H28F7N3O5. The number of aliphatic carboxylic acids is 1. The number of aromatic nitrogens is 1. The molecule has 3 heterocycles. The summed E-state index contributed by atoms with van der Waals surface area (Å²) in [6.07, 6.45) is -6.61. The number of alkyl halides is 4. The first-order valence-electron chi connectivity index (χ1n) is 15.4. The van der Waals surface area contributed by atoms with Crippen LogP contribution in [0.2, 0.25) is 0 Å². The fourth-order valence-electron chi connectivity index (χ4n) is 6.25. The Morgan fingerprint density at radius 3 is 2.42 bits per heavy atom. The van der Waals surface area contributed by atoms with Crippen LogP contribution in [0.3, 0.4) is 0 Å². The maximum atomic E-state index is 15.8. The quantitative estimate of drug-likeness (QED) is 0.223. The summed E-state index contributed by atoms with van der Waals surface area (Å²) in [7, 11) is 0. The minimum Gasteiger partial charge on any atom is -0.481 e. The number of hydrogen-bond donors (Lipinski definition) is 2. The first kappa shape index (κ1) is 34.7. The molecular weight excluding hydrogens is 675 g/mol. The van der Waals surface area contributed by atoms with E-state index in [2.05, 4.69) is 5.32 Å². The topological polar surface area (TPSA) is 101 Å². The summed E-state index contributed by atoms with van der Waals surface area (Å²) in [6.45, 7) is 1.34. The minimum absolute atomic E-state index is 0.00118. The average Bonchev–Trinajstić information content (AvgIpc) is 3.02. The number of fused-ring (bicyclic) bond motifs is 6. The van der Waals surface area contributed by atoms with Crippen LogP contribution < -0.4 is 15.6 Å². The van der Waals surface area contributed by atoms with Crippen molar-refractivity contribution in [3.05, 3.63) is 116 Å². The van der Waals surface area contributed by atoms with Crippen LogP contribution in [0.15, 0.2) is 65.6 Å². The van der Waals surface area contributed by atoms with Gasteiger partial charge in [-0.1, -0.05) is 0 Å². The molecule has 1 saturated heterocycles. The van der Waals surface area contributed by atoms with Gasteiger partial charge in [-0.2, -0.15) is 13.2 Å². The number of amides is 1. The molecule has 0 radical (unpaired) electrons. The van der Waals surface area contributed by atoms with Crippen molar-refractivity contribution in [1.29, 1.82) is 0 Å². The molecule has 2 aliphatic heterocycles. The Kier molecular flexibility index (Phi) is 9.20. The van der Waals surface area contributed by atoms with E-state index in [4.69, 9.17) is 4.74 Å². The Morgan fingerprint density at radius 2 is 1.74 bits per heavy atom. The van der Waals surface area contributed by atoms with Gasteiger partial charge in [0.05, 0.1) is 18.0 Å². The van der Waals surface area contributed by atoms with Gasteiger partial charge in [-0.3, -0.25) is 23.9 Å². The number of carbonyl (C=O) groups is 2. The standard InChI is InChI=1S/C35H28F7N3O5/c1-17-8-19-9-25(32(17)39)28(13-31(47)48)43-34(49)33(24-11-22(3-4-27(24)38)50-29-5-2-20(36)10-23(19)29)45-14-18(6-7-44-15-21(37)16-44)26(12-30(45)46)35(40,41)42/h2-5,8-12,14,21,28,33H,6-7,13,15-16H2,1H3,(H,43,49)(H,47,48)/t28-,33+/m0/s1. The molecule has 50 heavy (non-hydrogen) atoms. The van der Waals surface area contributed by atoms with E-state index in [-0.39, 0.29) is 65.9 Å². The van der Waals surface area contributed by atoms with Gasteiger partial charge >= 0.3 is 12.1 Å². The van der Waals surface area contributed by atoms with Crippen LogP contribution in [-0.4, -0.2) is 52.3 Å². The fourth-order valence-corrected chi connectivity index (χ4v) is 6.25. The number of benzene rings is 3. The smallest absolute Gasteiger partial charge is 0.416 e. The van der Waals surface area contributed by atoms with Crippen LogP contribution in [0.25, 0.3) is 11.1 Å². The summed E-state index contributed by atoms with van der Waals surface area (Å²) in [4.78, 5) is 41.2. The molecule has 15 heteroatoms. The molecule has 0 saturated carbocycles. The van der Waals surface area contributed by atoms with Crippen molar-refractivity contribution in [3.63, 3.8) is 0 Å². The number of pyridine rings is 1. The Balaban J connectivity index is 1.57. The third-order valence-electron chi connectivity index (χ3n) is 8.70. The van der Waals surface area contributed by atoms with Crippen molar-refractivity contribution in [2.45, 2.75) is 44.2 Å². The molecule has 1 amide bonds. The lowest BCUT2D eigenvalue weighted by molar-refractivity contribution is -0.139. The van der Waals surface area contributed by atoms with E-state index in [9.17, 15) is 41.4 Å². The molecule has 1 aromatic heterocycles. The lowest BCUT2D eigenvalue weighted by Gasteiger charge is -2.34. The molecule has 2 N–H and O–H groups in total. The summed E-state index contributed by atoms with van der Waals surface area (Å²) in [5.74, 6) is -5.58. The van der Waals surface area contributed by atoms with E-state index in [0.29, 0.717) is 4.57 Å². The molecule has 2 aliphatic rings. The maximum Gasteiger partial charge on any atom is 0.416 e. The summed E-state index contributed by atoms with van der Waals surface area (Å²) in [5, 5.41) is 12.1. The molecule has 4 aromatic rings. The number of halogens is 7. The van der Waals surface area contributed by atoms with Gasteiger partial charge in [-0.05, 0) is 78.6 Å². The van der Waals surface area contributed by atoms with Crippen molar-refractivity contribution < 1.29 is 50.2 Å². The van der Waals surface area contributed by atoms with Crippen molar-refractivity contribution in [2.75, 3.05) is 19.6 Å². The molecule has 0 unspecified atom stereocenters. The van der Waals surface area contributed by atoms with Crippen molar-refractivity contribution >= 4 is 11.9 Å². The highest BCUT2D eigenvalue weighted by Crippen LogP contribution is 2.39. The van der Waals surface area contributed by atoms with Gasteiger partial charge < -0.3 is 15.2 Å². The normalized spacial score (nSPS) is 18.1. The highest BCUT2D eigenvalue weighted by Gasteiger charge is 2.38. The summed E-state index contributed by atoms with van der Waals surface area (Å²) >= 11 is 0. The molecule has 2 atom stereocenters. The maximum absolute atomic E-state index is 15.8. The molecule has 6 rings (SSSR count). The number of ether oxygens (including phenoxy) is 1. The van der Waals surface area contributed by atoms with Gasteiger partial charge in [0.25, 0.3) is 5.56 Å². The second-order valence-electron chi connectivity index (χ2n) is 12.2. The predicted octanol–water partition coefficient (Wildman–Crippen LogP) is 6.48. The molecule has 3 aromatic carbocycles. The van der Waals surface area contributed by atoms with E-state index >= 15 is 8.78 Å². The zero-order valence-electron chi connectivity index (χ0n) is 26.2. The highest BCUT2D eigenvalue weighted by molar-refractivity contribution is 5.85. The van der Waals surface area contributed by atoms with Crippen LogP contribution >= 0.6 is 0 Å². The Morgan fingerprint density at radius 1 is 1.00 bits per heavy atom.